The van der Waals surface area contributed by atoms with Crippen LogP contribution in [0.2, 0.25) is 5.02 Å². The number of carbonyl (C=O) groups excluding carboxylic acids is 2. The molecule has 11 rings (SSSR count). The van der Waals surface area contributed by atoms with Crippen LogP contribution < -0.4 is 24.8 Å². The van der Waals surface area contributed by atoms with Gasteiger partial charge in [0.1, 0.15) is 31.4 Å². The quantitative estimate of drug-likeness (QED) is 0.0994. The first-order valence-electron chi connectivity index (χ1n) is 24.9. The van der Waals surface area contributed by atoms with Crippen molar-refractivity contribution in [1.29, 1.82) is 5.26 Å². The van der Waals surface area contributed by atoms with Gasteiger partial charge < -0.3 is 43.5 Å². The largest absolute Gasteiger partial charge is 0.489 e. The van der Waals surface area contributed by atoms with E-state index in [1.54, 1.807) is 28.5 Å². The fourth-order valence-electron chi connectivity index (χ4n) is 11.5. The first-order valence-corrected chi connectivity index (χ1v) is 25.3. The van der Waals surface area contributed by atoms with Crippen molar-refractivity contribution >= 4 is 56.7 Å². The monoisotopic (exact) mass is 989 g/mol. The molecule has 1 amide bonds. The van der Waals surface area contributed by atoms with Gasteiger partial charge in [-0.05, 0) is 93.0 Å². The molecule has 0 spiro atoms. The summed E-state index contributed by atoms with van der Waals surface area (Å²) in [6.07, 6.45) is 3.65. The molecule has 2 fully saturated rings. The van der Waals surface area contributed by atoms with E-state index in [4.69, 9.17) is 40.8 Å². The average Bonchev–Trinajstić information content (AvgIpc) is 3.99. The smallest absolute Gasteiger partial charge is 0.343 e. The van der Waals surface area contributed by atoms with Crippen LogP contribution in [0.4, 0.5) is 11.5 Å². The van der Waals surface area contributed by atoms with Crippen molar-refractivity contribution in [3.05, 3.63) is 122 Å². The van der Waals surface area contributed by atoms with Crippen LogP contribution in [0.15, 0.2) is 77.6 Å². The summed E-state index contributed by atoms with van der Waals surface area (Å²) < 4.78 is 19.6. The van der Waals surface area contributed by atoms with Crippen LogP contribution in [0.25, 0.3) is 33.1 Å². The number of nitrogens with zero attached hydrogens (tertiary/aromatic N) is 9. The van der Waals surface area contributed by atoms with Gasteiger partial charge in [-0.2, -0.15) is 15.2 Å². The van der Waals surface area contributed by atoms with Gasteiger partial charge in [-0.3, -0.25) is 9.59 Å². The van der Waals surface area contributed by atoms with Crippen LogP contribution in [-0.2, 0) is 52.5 Å². The third-order valence-electron chi connectivity index (χ3n) is 15.5. The van der Waals surface area contributed by atoms with Gasteiger partial charge in [0.15, 0.2) is 5.60 Å². The van der Waals surface area contributed by atoms with Crippen molar-refractivity contribution in [3.63, 3.8) is 0 Å². The number of nitriles is 1. The van der Waals surface area contributed by atoms with Crippen LogP contribution in [0.1, 0.15) is 73.0 Å². The predicted molar refractivity (Wildman–Crippen MR) is 273 cm³/mol. The summed E-state index contributed by atoms with van der Waals surface area (Å²) in [6.45, 7) is 11.9. The number of halogens is 1. The van der Waals surface area contributed by atoms with Gasteiger partial charge in [0.05, 0.1) is 64.8 Å². The fourth-order valence-corrected chi connectivity index (χ4v) is 11.8. The van der Waals surface area contributed by atoms with E-state index in [0.29, 0.717) is 79.3 Å². The standard InChI is InChI=1S/C55H56ClN9O7/c1-5-37-39-24-36(15-16-44(39)58-49-40(37)27-65-47(49)25-42-41(52(65)67)31-71-53(68)55(42,69)6-2)70-29-32(3)51(66)64-23-22-63(26-34(64)17-19-57)50-38-18-21-62(46-14-8-11-33-10-7-13-43(56)48(33)46)28-45(38)59-54(60-50)72-30-35-12-9-20-61(35)4/h7-8,10-11,13-16,24-25,34-35,69H,3,5-6,9,12,17-18,20-23,26-31H2,1-2,4H3/t34-,35-,55-/m0/s1. The molecule has 72 heavy (non-hydrogen) atoms. The molecule has 3 aromatic carbocycles. The Bertz CT molecular complexity index is 3330. The Morgan fingerprint density at radius 1 is 0.972 bits per heavy atom. The lowest BCUT2D eigenvalue weighted by Crippen LogP contribution is -2.56. The van der Waals surface area contributed by atoms with Crippen molar-refractivity contribution in [2.75, 3.05) is 62.8 Å². The average molecular weight is 991 g/mol. The number of likely N-dealkylation sites (N-methyl/N-ethyl adjacent to an activating group) is 1. The normalized spacial score (nSPS) is 20.4. The first-order chi connectivity index (χ1) is 34.9. The minimum absolute atomic E-state index is 0.0594. The molecule has 2 saturated heterocycles. The number of hydrogen-bond donors (Lipinski definition) is 1. The number of fused-ring (bicyclic) bond motifs is 7. The van der Waals surface area contributed by atoms with Gasteiger partial charge in [0.2, 0.25) is 0 Å². The topological polar surface area (TPSA) is 179 Å². The molecular formula is C55H56ClN9O7. The predicted octanol–water partition coefficient (Wildman–Crippen LogP) is 6.84. The van der Waals surface area contributed by atoms with E-state index < -0.39 is 17.6 Å². The number of amides is 1. The molecule has 5 aliphatic heterocycles. The zero-order valence-electron chi connectivity index (χ0n) is 40.7. The second kappa shape index (κ2) is 18.8. The third-order valence-corrected chi connectivity index (χ3v) is 15.8. The number of aliphatic hydroxyl groups is 1. The Balaban J connectivity index is 0.813. The maximum Gasteiger partial charge on any atom is 0.343 e. The number of ether oxygens (including phenoxy) is 3. The maximum atomic E-state index is 14.3. The highest BCUT2D eigenvalue weighted by molar-refractivity contribution is 6.36. The van der Waals surface area contributed by atoms with Crippen molar-refractivity contribution in [2.45, 2.75) is 89.8 Å². The van der Waals surface area contributed by atoms with Crippen molar-refractivity contribution in [3.8, 4) is 29.2 Å². The molecular weight excluding hydrogens is 934 g/mol. The van der Waals surface area contributed by atoms with Gasteiger partial charge in [-0.1, -0.05) is 56.3 Å². The van der Waals surface area contributed by atoms with E-state index in [9.17, 15) is 24.8 Å². The molecule has 1 N–H and O–H groups in total. The number of benzene rings is 3. The SMILES string of the molecule is C=C(COc1ccc2nc3c(c(CC)c2c1)Cn1c-3cc2c(c1=O)COC(=O)[C@]2(O)CC)C(=O)N1CCN(c2nc(OC[C@@H]3CCCN3C)nc3c2CCN(c2cccc4cccc(Cl)c24)C3)C[C@@H]1CC#N. The Morgan fingerprint density at radius 2 is 1.81 bits per heavy atom. The number of aromatic nitrogens is 4. The van der Waals surface area contributed by atoms with Gasteiger partial charge in [-0.25, -0.2) is 9.78 Å². The molecule has 0 radical (unpaired) electrons. The van der Waals surface area contributed by atoms with E-state index in [-0.39, 0.29) is 66.8 Å². The van der Waals surface area contributed by atoms with Gasteiger partial charge in [0, 0.05) is 70.9 Å². The number of piperazine rings is 1. The Morgan fingerprint density at radius 3 is 2.58 bits per heavy atom. The molecule has 6 aromatic rings. The van der Waals surface area contributed by atoms with E-state index in [2.05, 4.69) is 58.7 Å². The van der Waals surface area contributed by atoms with Crippen LogP contribution >= 0.6 is 11.6 Å². The number of cyclic esters (lactones) is 1. The molecule has 8 heterocycles. The third kappa shape index (κ3) is 8.07. The molecule has 16 nitrogen and oxygen atoms in total. The molecule has 0 aliphatic carbocycles. The summed E-state index contributed by atoms with van der Waals surface area (Å²) in [6, 6.07) is 21.9. The first kappa shape index (κ1) is 47.3. The van der Waals surface area contributed by atoms with Crippen LogP contribution in [0.3, 0.4) is 0 Å². The summed E-state index contributed by atoms with van der Waals surface area (Å²) >= 11 is 6.80. The maximum absolute atomic E-state index is 14.3. The number of anilines is 2. The molecule has 5 aliphatic rings. The Hall–Kier alpha value is -7.06. The lowest BCUT2D eigenvalue weighted by Gasteiger charge is -2.42. The Labute approximate surface area is 422 Å². The summed E-state index contributed by atoms with van der Waals surface area (Å²) in [7, 11) is 2.12. The highest BCUT2D eigenvalue weighted by Crippen LogP contribution is 2.42. The zero-order valence-corrected chi connectivity index (χ0v) is 41.5. The van der Waals surface area contributed by atoms with Crippen LogP contribution in [0.5, 0.6) is 11.8 Å². The number of hydrogen-bond acceptors (Lipinski definition) is 14. The number of pyridine rings is 2. The minimum Gasteiger partial charge on any atom is -0.489 e. The summed E-state index contributed by atoms with van der Waals surface area (Å²) in [4.78, 5) is 64.5. The number of aryl methyl sites for hydroxylation is 1. The summed E-state index contributed by atoms with van der Waals surface area (Å²) in [5, 5.41) is 25.1. The van der Waals surface area contributed by atoms with Crippen LogP contribution in [0, 0.1) is 11.3 Å². The molecule has 370 valence electrons. The number of esters is 1. The molecule has 0 unspecified atom stereocenters. The van der Waals surface area contributed by atoms with E-state index in [1.807, 2.05) is 31.2 Å². The van der Waals surface area contributed by atoms with Gasteiger partial charge >= 0.3 is 12.0 Å². The highest BCUT2D eigenvalue weighted by Gasteiger charge is 2.46. The zero-order chi connectivity index (χ0) is 50.0. The molecule has 3 atom stereocenters. The van der Waals surface area contributed by atoms with Crippen molar-refractivity contribution in [1.82, 2.24) is 29.3 Å². The fraction of sp³-hybridized carbons (Fsp3) is 0.400. The number of likely N-dealkylation sites (tertiary alicyclic amines) is 1. The molecule has 17 heteroatoms. The van der Waals surface area contributed by atoms with Gasteiger partial charge in [-0.15, -0.1) is 0 Å². The highest BCUT2D eigenvalue weighted by atomic mass is 35.5. The minimum atomic E-state index is -1.92. The van der Waals surface area contributed by atoms with Crippen LogP contribution in [-0.4, -0.2) is 111 Å². The second-order valence-corrected chi connectivity index (χ2v) is 19.9. The second-order valence-electron chi connectivity index (χ2n) is 19.5. The Kier molecular flexibility index (Phi) is 12.4. The lowest BCUT2D eigenvalue weighted by molar-refractivity contribution is -0.172. The molecule has 0 saturated carbocycles. The summed E-state index contributed by atoms with van der Waals surface area (Å²) in [5.41, 5.74) is 5.26. The summed E-state index contributed by atoms with van der Waals surface area (Å²) in [5.74, 6) is 0.247. The van der Waals surface area contributed by atoms with E-state index in [0.717, 1.165) is 76.0 Å². The number of rotatable bonds is 12. The van der Waals surface area contributed by atoms with E-state index in [1.165, 1.54) is 0 Å². The number of carbonyl (C=O) groups is 2. The van der Waals surface area contributed by atoms with E-state index >= 15 is 0 Å². The lowest BCUT2D eigenvalue weighted by atomic mass is 9.86. The molecule has 0 bridgehead atoms. The van der Waals surface area contributed by atoms with Crippen molar-refractivity contribution < 1.29 is 28.9 Å². The molecule has 3 aromatic heterocycles. The van der Waals surface area contributed by atoms with Crippen molar-refractivity contribution in [2.24, 2.45) is 0 Å². The van der Waals surface area contributed by atoms with Gasteiger partial charge in [0.25, 0.3) is 11.5 Å².